The molecule has 0 amide bonds. The number of likely N-dealkylation sites (N-methyl/N-ethyl adjacent to an activating group) is 1. The van der Waals surface area contributed by atoms with E-state index in [9.17, 15) is 0 Å². The van der Waals surface area contributed by atoms with Crippen molar-refractivity contribution in [2.45, 2.75) is 18.9 Å². The SMILES string of the molecule is CNC(C)C(CCl)c1ccc2occc2c1. The Kier molecular flexibility index (Phi) is 3.52. The first-order valence-electron chi connectivity index (χ1n) is 5.46. The van der Waals surface area contributed by atoms with E-state index in [-0.39, 0.29) is 0 Å². The van der Waals surface area contributed by atoms with Crippen LogP contribution in [0.2, 0.25) is 0 Å². The molecule has 2 rings (SSSR count). The molecule has 2 aromatic rings. The van der Waals surface area contributed by atoms with Gasteiger partial charge in [-0.25, -0.2) is 0 Å². The highest BCUT2D eigenvalue weighted by molar-refractivity contribution is 6.18. The second-order valence-electron chi connectivity index (χ2n) is 4.06. The number of alkyl halides is 1. The van der Waals surface area contributed by atoms with Gasteiger partial charge in [-0.3, -0.25) is 0 Å². The van der Waals surface area contributed by atoms with Crippen molar-refractivity contribution in [2.75, 3.05) is 12.9 Å². The van der Waals surface area contributed by atoms with Gasteiger partial charge in [0.2, 0.25) is 0 Å². The molecule has 1 heterocycles. The first kappa shape index (κ1) is 11.5. The molecule has 0 aliphatic rings. The van der Waals surface area contributed by atoms with Crippen molar-refractivity contribution < 1.29 is 4.42 Å². The van der Waals surface area contributed by atoms with Crippen LogP contribution in [0.3, 0.4) is 0 Å². The molecular weight excluding hydrogens is 222 g/mol. The molecule has 0 spiro atoms. The van der Waals surface area contributed by atoms with E-state index in [0.29, 0.717) is 17.8 Å². The number of furan rings is 1. The van der Waals surface area contributed by atoms with Crippen LogP contribution in [0.25, 0.3) is 11.0 Å². The highest BCUT2D eigenvalue weighted by Crippen LogP contribution is 2.25. The van der Waals surface area contributed by atoms with Gasteiger partial charge in [-0.2, -0.15) is 0 Å². The molecule has 16 heavy (non-hydrogen) atoms. The van der Waals surface area contributed by atoms with E-state index in [1.165, 1.54) is 5.56 Å². The Labute approximate surface area is 101 Å². The van der Waals surface area contributed by atoms with E-state index in [2.05, 4.69) is 24.4 Å². The first-order chi connectivity index (χ1) is 7.76. The first-order valence-corrected chi connectivity index (χ1v) is 6.00. The third kappa shape index (κ3) is 2.08. The molecule has 0 saturated carbocycles. The third-order valence-corrected chi connectivity index (χ3v) is 3.46. The minimum Gasteiger partial charge on any atom is -0.464 e. The van der Waals surface area contributed by atoms with Gasteiger partial charge in [0.15, 0.2) is 0 Å². The summed E-state index contributed by atoms with van der Waals surface area (Å²) < 4.78 is 5.32. The van der Waals surface area contributed by atoms with Crippen molar-refractivity contribution in [2.24, 2.45) is 0 Å². The van der Waals surface area contributed by atoms with E-state index in [1.807, 2.05) is 19.2 Å². The lowest BCUT2D eigenvalue weighted by Crippen LogP contribution is -2.29. The molecule has 2 nitrogen and oxygen atoms in total. The molecule has 86 valence electrons. The minimum absolute atomic E-state index is 0.325. The molecule has 0 saturated heterocycles. The zero-order chi connectivity index (χ0) is 11.5. The molecule has 0 aliphatic heterocycles. The smallest absolute Gasteiger partial charge is 0.133 e. The van der Waals surface area contributed by atoms with Crippen LogP contribution in [0.4, 0.5) is 0 Å². The summed E-state index contributed by atoms with van der Waals surface area (Å²) in [5, 5.41) is 4.38. The van der Waals surface area contributed by atoms with Crippen LogP contribution in [0.15, 0.2) is 34.9 Å². The number of rotatable bonds is 4. The molecule has 0 bridgehead atoms. The summed E-state index contributed by atoms with van der Waals surface area (Å²) in [6.07, 6.45) is 1.71. The molecule has 0 radical (unpaired) electrons. The van der Waals surface area contributed by atoms with Gasteiger partial charge in [-0.05, 0) is 37.7 Å². The molecular formula is C13H16ClNO. The lowest BCUT2D eigenvalue weighted by atomic mass is 9.93. The Morgan fingerprint density at radius 1 is 1.38 bits per heavy atom. The fourth-order valence-corrected chi connectivity index (χ4v) is 2.37. The number of hydrogen-bond acceptors (Lipinski definition) is 2. The quantitative estimate of drug-likeness (QED) is 0.825. The lowest BCUT2D eigenvalue weighted by Gasteiger charge is -2.21. The molecule has 3 heteroatoms. The van der Waals surface area contributed by atoms with Crippen molar-refractivity contribution in [3.8, 4) is 0 Å². The van der Waals surface area contributed by atoms with Gasteiger partial charge in [0, 0.05) is 23.2 Å². The number of halogens is 1. The molecule has 0 fully saturated rings. The summed E-state index contributed by atoms with van der Waals surface area (Å²) in [7, 11) is 1.96. The number of hydrogen-bond donors (Lipinski definition) is 1. The fraction of sp³-hybridized carbons (Fsp3) is 0.385. The lowest BCUT2D eigenvalue weighted by molar-refractivity contribution is 0.528. The highest BCUT2D eigenvalue weighted by Gasteiger charge is 2.17. The van der Waals surface area contributed by atoms with Crippen LogP contribution < -0.4 is 5.32 Å². The maximum absolute atomic E-state index is 6.04. The van der Waals surface area contributed by atoms with Gasteiger partial charge in [0.05, 0.1) is 6.26 Å². The monoisotopic (exact) mass is 237 g/mol. The average molecular weight is 238 g/mol. The van der Waals surface area contributed by atoms with Gasteiger partial charge in [0.25, 0.3) is 0 Å². The Bertz CT molecular complexity index is 466. The molecule has 2 unspecified atom stereocenters. The van der Waals surface area contributed by atoms with Gasteiger partial charge in [-0.1, -0.05) is 6.07 Å². The molecule has 1 aromatic carbocycles. The Morgan fingerprint density at radius 2 is 2.19 bits per heavy atom. The Balaban J connectivity index is 2.36. The second kappa shape index (κ2) is 4.89. The van der Waals surface area contributed by atoms with Gasteiger partial charge in [0.1, 0.15) is 5.58 Å². The topological polar surface area (TPSA) is 25.2 Å². The average Bonchev–Trinajstić information content (AvgIpc) is 2.77. The second-order valence-corrected chi connectivity index (χ2v) is 4.36. The maximum atomic E-state index is 6.04. The summed E-state index contributed by atoms with van der Waals surface area (Å²) in [6, 6.07) is 8.59. The Hall–Kier alpha value is -0.990. The Morgan fingerprint density at radius 3 is 2.88 bits per heavy atom. The van der Waals surface area contributed by atoms with Crippen LogP contribution in [0, 0.1) is 0 Å². The van der Waals surface area contributed by atoms with Crippen molar-refractivity contribution in [3.63, 3.8) is 0 Å². The molecule has 2 atom stereocenters. The van der Waals surface area contributed by atoms with Gasteiger partial charge < -0.3 is 9.73 Å². The van der Waals surface area contributed by atoms with Crippen LogP contribution >= 0.6 is 11.6 Å². The summed E-state index contributed by atoms with van der Waals surface area (Å²) in [5.74, 6) is 0.941. The number of benzene rings is 1. The van der Waals surface area contributed by atoms with E-state index in [0.717, 1.165) is 11.0 Å². The third-order valence-electron chi connectivity index (χ3n) is 3.13. The molecule has 1 N–H and O–H groups in total. The predicted octanol–water partition coefficient (Wildman–Crippen LogP) is 3.36. The van der Waals surface area contributed by atoms with E-state index >= 15 is 0 Å². The molecule has 1 aromatic heterocycles. The van der Waals surface area contributed by atoms with Crippen LogP contribution in [0.1, 0.15) is 18.4 Å². The predicted molar refractivity (Wildman–Crippen MR) is 68.2 cm³/mol. The highest BCUT2D eigenvalue weighted by atomic mass is 35.5. The van der Waals surface area contributed by atoms with Crippen molar-refractivity contribution in [3.05, 3.63) is 36.1 Å². The zero-order valence-corrected chi connectivity index (χ0v) is 10.3. The van der Waals surface area contributed by atoms with Crippen molar-refractivity contribution in [1.82, 2.24) is 5.32 Å². The van der Waals surface area contributed by atoms with Crippen molar-refractivity contribution >= 4 is 22.6 Å². The van der Waals surface area contributed by atoms with Crippen LogP contribution in [0.5, 0.6) is 0 Å². The largest absolute Gasteiger partial charge is 0.464 e. The van der Waals surface area contributed by atoms with E-state index in [4.69, 9.17) is 16.0 Å². The maximum Gasteiger partial charge on any atom is 0.133 e. The fourth-order valence-electron chi connectivity index (χ4n) is 1.93. The van der Waals surface area contributed by atoms with Crippen LogP contribution in [-0.4, -0.2) is 19.0 Å². The van der Waals surface area contributed by atoms with Gasteiger partial charge in [-0.15, -0.1) is 11.6 Å². The normalized spacial score (nSPS) is 15.2. The summed E-state index contributed by atoms with van der Waals surface area (Å²) >= 11 is 6.04. The zero-order valence-electron chi connectivity index (χ0n) is 9.53. The molecule has 0 aliphatic carbocycles. The van der Waals surface area contributed by atoms with Gasteiger partial charge >= 0.3 is 0 Å². The minimum atomic E-state index is 0.325. The van der Waals surface area contributed by atoms with Crippen molar-refractivity contribution in [1.29, 1.82) is 0 Å². The summed E-state index contributed by atoms with van der Waals surface area (Å²) in [6.45, 7) is 2.15. The van der Waals surface area contributed by atoms with Crippen LogP contribution in [-0.2, 0) is 0 Å². The van der Waals surface area contributed by atoms with E-state index in [1.54, 1.807) is 6.26 Å². The van der Waals surface area contributed by atoms with E-state index < -0.39 is 0 Å². The summed E-state index contributed by atoms with van der Waals surface area (Å²) in [4.78, 5) is 0. The number of nitrogens with one attached hydrogen (secondary N) is 1. The standard InChI is InChI=1S/C13H16ClNO/c1-9(15-2)12(8-14)10-3-4-13-11(7-10)5-6-16-13/h3-7,9,12,15H,8H2,1-2H3. The summed E-state index contributed by atoms with van der Waals surface area (Å²) in [5.41, 5.74) is 2.18. The number of fused-ring (bicyclic) bond motifs is 1.